The van der Waals surface area contributed by atoms with Crippen molar-refractivity contribution < 1.29 is 18.3 Å². The summed E-state index contributed by atoms with van der Waals surface area (Å²) in [5.74, 6) is -2.52. The van der Waals surface area contributed by atoms with Crippen molar-refractivity contribution in [1.29, 1.82) is 0 Å². The van der Waals surface area contributed by atoms with Crippen LogP contribution in [0.5, 0.6) is 0 Å². The number of carbonyl (C=O) groups excluding carboxylic acids is 1. The molecule has 2 rings (SSSR count). The van der Waals surface area contributed by atoms with Crippen LogP contribution in [-0.4, -0.2) is 47.8 Å². The van der Waals surface area contributed by atoms with Gasteiger partial charge in [0.25, 0.3) is 0 Å². The zero-order chi connectivity index (χ0) is 19.7. The van der Waals surface area contributed by atoms with Crippen molar-refractivity contribution in [3.63, 3.8) is 0 Å². The van der Waals surface area contributed by atoms with Crippen molar-refractivity contribution >= 4 is 5.97 Å². The summed E-state index contributed by atoms with van der Waals surface area (Å²) in [6, 6.07) is 3.09. The molecule has 1 aromatic rings. The Hall–Kier alpha value is -1.57. The number of hydrogen-bond donors (Lipinski definition) is 2. The van der Waals surface area contributed by atoms with E-state index in [0.717, 1.165) is 0 Å². The maximum Gasteiger partial charge on any atom is 0.342 e. The molecule has 7 heteroatoms. The fourth-order valence-electron chi connectivity index (χ4n) is 3.09. The number of ether oxygens (including phenoxy) is 1. The van der Waals surface area contributed by atoms with Crippen LogP contribution >= 0.6 is 0 Å². The van der Waals surface area contributed by atoms with E-state index in [2.05, 4.69) is 5.32 Å². The minimum Gasteiger partial charge on any atom is -0.458 e. The minimum absolute atomic E-state index is 0.0626. The van der Waals surface area contributed by atoms with Crippen LogP contribution in [0.15, 0.2) is 12.1 Å². The van der Waals surface area contributed by atoms with Crippen LogP contribution in [0.2, 0.25) is 0 Å². The Bertz CT molecular complexity index is 675. The van der Waals surface area contributed by atoms with Gasteiger partial charge in [-0.1, -0.05) is 12.1 Å². The monoisotopic (exact) mass is 369 g/mol. The predicted octanol–water partition coefficient (Wildman–Crippen LogP) is 2.11. The molecule has 146 valence electrons. The third-order valence-corrected chi connectivity index (χ3v) is 4.50. The number of benzene rings is 1. The van der Waals surface area contributed by atoms with E-state index in [-0.39, 0.29) is 23.6 Å². The van der Waals surface area contributed by atoms with E-state index >= 15 is 0 Å². The molecule has 1 fully saturated rings. The van der Waals surface area contributed by atoms with Gasteiger partial charge in [0, 0.05) is 32.1 Å². The third kappa shape index (κ3) is 4.58. The molecule has 3 N–H and O–H groups in total. The van der Waals surface area contributed by atoms with Gasteiger partial charge in [-0.05, 0) is 45.7 Å². The summed E-state index contributed by atoms with van der Waals surface area (Å²) in [6.07, 6.45) is -0.169. The molecule has 2 atom stereocenters. The highest BCUT2D eigenvalue weighted by atomic mass is 19.2. The maximum absolute atomic E-state index is 14.4. The van der Waals surface area contributed by atoms with Gasteiger partial charge in [0.1, 0.15) is 5.60 Å². The van der Waals surface area contributed by atoms with Crippen molar-refractivity contribution in [2.75, 3.05) is 19.6 Å². The molecule has 5 nitrogen and oxygen atoms in total. The average molecular weight is 369 g/mol. The largest absolute Gasteiger partial charge is 0.458 e. The topological polar surface area (TPSA) is 67.6 Å². The second-order valence-electron chi connectivity index (χ2n) is 8.07. The minimum atomic E-state index is -1.58. The van der Waals surface area contributed by atoms with Crippen molar-refractivity contribution in [2.24, 2.45) is 5.73 Å². The van der Waals surface area contributed by atoms with Gasteiger partial charge in [-0.15, -0.1) is 0 Å². The van der Waals surface area contributed by atoms with Crippen LogP contribution in [0.3, 0.4) is 0 Å². The van der Waals surface area contributed by atoms with E-state index in [1.165, 1.54) is 19.1 Å². The quantitative estimate of drug-likeness (QED) is 0.796. The lowest BCUT2D eigenvalue weighted by Gasteiger charge is -2.44. The number of hydrogen-bond acceptors (Lipinski definition) is 5. The molecule has 0 bridgehead atoms. The van der Waals surface area contributed by atoms with Gasteiger partial charge < -0.3 is 15.8 Å². The molecule has 1 saturated heterocycles. The number of piperazine rings is 1. The standard InChI is InChI=1S/C19H29F2N3O2/c1-12-6-7-14(16(21)15(12)20)10-19(22,17(25)26-18(3,4)5)24-9-8-23-13(2)11-24/h6-7,13,23H,8-11,22H2,1-5H3/t13-,19?/m0/s1. The van der Waals surface area contributed by atoms with Crippen molar-refractivity contribution in [3.05, 3.63) is 34.9 Å². The smallest absolute Gasteiger partial charge is 0.342 e. The summed E-state index contributed by atoms with van der Waals surface area (Å²) in [5.41, 5.74) is 4.47. The first-order chi connectivity index (χ1) is 11.9. The molecule has 0 aliphatic carbocycles. The van der Waals surface area contributed by atoms with Crippen molar-refractivity contribution in [2.45, 2.75) is 58.3 Å². The number of rotatable bonds is 4. The Balaban J connectivity index is 2.40. The molecule has 0 spiro atoms. The molecule has 0 radical (unpaired) electrons. The maximum atomic E-state index is 14.4. The number of nitrogens with two attached hydrogens (primary N) is 1. The Labute approximate surface area is 153 Å². The number of esters is 1. The van der Waals surface area contributed by atoms with E-state index in [4.69, 9.17) is 10.5 Å². The summed E-state index contributed by atoms with van der Waals surface area (Å²) in [6.45, 7) is 10.4. The molecule has 1 aliphatic rings. The lowest BCUT2D eigenvalue weighted by molar-refractivity contribution is -0.171. The Morgan fingerprint density at radius 3 is 2.58 bits per heavy atom. The second kappa shape index (κ2) is 7.58. The van der Waals surface area contributed by atoms with Gasteiger partial charge in [0.2, 0.25) is 0 Å². The Morgan fingerprint density at radius 2 is 2.00 bits per heavy atom. The first-order valence-corrected chi connectivity index (χ1v) is 8.88. The van der Waals surface area contributed by atoms with Gasteiger partial charge in [-0.3, -0.25) is 4.90 Å². The predicted molar refractivity (Wildman–Crippen MR) is 96.6 cm³/mol. The first-order valence-electron chi connectivity index (χ1n) is 8.88. The molecule has 0 aromatic heterocycles. The highest BCUT2D eigenvalue weighted by molar-refractivity contribution is 5.81. The number of halogens is 2. The van der Waals surface area contributed by atoms with Crippen LogP contribution in [0, 0.1) is 18.6 Å². The lowest BCUT2D eigenvalue weighted by atomic mass is 9.95. The zero-order valence-electron chi connectivity index (χ0n) is 16.2. The summed E-state index contributed by atoms with van der Waals surface area (Å²) in [4.78, 5) is 14.7. The molecule has 1 unspecified atom stereocenters. The summed E-state index contributed by atoms with van der Waals surface area (Å²) >= 11 is 0. The van der Waals surface area contributed by atoms with Crippen LogP contribution in [-0.2, 0) is 16.0 Å². The van der Waals surface area contributed by atoms with Gasteiger partial charge in [0.15, 0.2) is 17.3 Å². The van der Waals surface area contributed by atoms with E-state index in [1.807, 2.05) is 6.92 Å². The fraction of sp³-hybridized carbons (Fsp3) is 0.632. The molecule has 1 heterocycles. The molecular formula is C19H29F2N3O2. The van der Waals surface area contributed by atoms with Crippen LogP contribution in [0.1, 0.15) is 38.8 Å². The average Bonchev–Trinajstić information content (AvgIpc) is 2.53. The number of nitrogens with zero attached hydrogens (tertiary/aromatic N) is 1. The molecule has 1 aromatic carbocycles. The van der Waals surface area contributed by atoms with E-state index < -0.39 is 28.9 Å². The molecule has 1 aliphatic heterocycles. The Kier molecular flexibility index (Phi) is 6.05. The fourth-order valence-corrected chi connectivity index (χ4v) is 3.09. The number of nitrogens with one attached hydrogen (secondary N) is 1. The van der Waals surface area contributed by atoms with Crippen LogP contribution < -0.4 is 11.1 Å². The Morgan fingerprint density at radius 1 is 1.35 bits per heavy atom. The van der Waals surface area contributed by atoms with Gasteiger partial charge in [-0.2, -0.15) is 0 Å². The van der Waals surface area contributed by atoms with Gasteiger partial charge in [-0.25, -0.2) is 13.6 Å². The SMILES string of the molecule is Cc1ccc(CC(N)(C(=O)OC(C)(C)C)N2CCN[C@@H](C)C2)c(F)c1F. The third-order valence-electron chi connectivity index (χ3n) is 4.50. The molecular weight excluding hydrogens is 340 g/mol. The van der Waals surface area contributed by atoms with E-state index in [9.17, 15) is 13.6 Å². The second-order valence-corrected chi connectivity index (χ2v) is 8.07. The van der Waals surface area contributed by atoms with E-state index in [1.54, 1.807) is 25.7 Å². The number of carbonyl (C=O) groups is 1. The first kappa shape index (κ1) is 20.7. The highest BCUT2D eigenvalue weighted by Gasteiger charge is 2.45. The van der Waals surface area contributed by atoms with Crippen molar-refractivity contribution in [1.82, 2.24) is 10.2 Å². The van der Waals surface area contributed by atoms with Gasteiger partial charge in [0.05, 0.1) is 0 Å². The summed E-state index contributed by atoms with van der Waals surface area (Å²) in [5, 5.41) is 3.28. The highest BCUT2D eigenvalue weighted by Crippen LogP contribution is 2.25. The number of aryl methyl sites for hydroxylation is 1. The lowest BCUT2D eigenvalue weighted by Crippen LogP contribution is -2.69. The normalized spacial score (nSPS) is 21.3. The zero-order valence-corrected chi connectivity index (χ0v) is 16.2. The molecule has 0 amide bonds. The molecule has 0 saturated carbocycles. The van der Waals surface area contributed by atoms with E-state index in [0.29, 0.717) is 19.6 Å². The summed E-state index contributed by atoms with van der Waals surface area (Å²) in [7, 11) is 0. The molecule has 26 heavy (non-hydrogen) atoms. The summed E-state index contributed by atoms with van der Waals surface area (Å²) < 4.78 is 33.9. The van der Waals surface area contributed by atoms with Crippen molar-refractivity contribution in [3.8, 4) is 0 Å². The van der Waals surface area contributed by atoms with Crippen LogP contribution in [0.25, 0.3) is 0 Å². The van der Waals surface area contributed by atoms with Gasteiger partial charge >= 0.3 is 5.97 Å². The van der Waals surface area contributed by atoms with Crippen LogP contribution in [0.4, 0.5) is 8.78 Å².